The van der Waals surface area contributed by atoms with E-state index in [0.717, 1.165) is 34.4 Å². The van der Waals surface area contributed by atoms with Crippen molar-refractivity contribution in [1.29, 1.82) is 0 Å². The molecule has 1 aliphatic carbocycles. The van der Waals surface area contributed by atoms with Crippen molar-refractivity contribution in [3.8, 4) is 0 Å². The van der Waals surface area contributed by atoms with Crippen LogP contribution >= 0.6 is 0 Å². The number of imide groups is 1. The molecule has 0 aromatic heterocycles. The first-order valence-corrected chi connectivity index (χ1v) is 10.0. The zero-order valence-corrected chi connectivity index (χ0v) is 16.7. The lowest BCUT2D eigenvalue weighted by Gasteiger charge is -2.33. The molecule has 29 heavy (non-hydrogen) atoms. The molecule has 0 radical (unpaired) electrons. The van der Waals surface area contributed by atoms with E-state index in [1.807, 2.05) is 42.5 Å². The molecule has 150 valence electrons. The van der Waals surface area contributed by atoms with Crippen molar-refractivity contribution in [2.75, 3.05) is 11.9 Å². The summed E-state index contributed by atoms with van der Waals surface area (Å²) in [6.45, 7) is 3.85. The van der Waals surface area contributed by atoms with E-state index in [2.05, 4.69) is 24.5 Å². The highest BCUT2D eigenvalue weighted by Gasteiger charge is 2.54. The molecule has 2 aromatic rings. The molecule has 1 atom stereocenters. The van der Waals surface area contributed by atoms with Crippen molar-refractivity contribution in [3.05, 3.63) is 65.2 Å². The highest BCUT2D eigenvalue weighted by atomic mass is 16.2. The van der Waals surface area contributed by atoms with Crippen molar-refractivity contribution >= 4 is 23.5 Å². The van der Waals surface area contributed by atoms with Gasteiger partial charge in [-0.2, -0.15) is 0 Å². The van der Waals surface area contributed by atoms with Gasteiger partial charge in [0.1, 0.15) is 12.1 Å². The highest BCUT2D eigenvalue weighted by molar-refractivity contribution is 6.10. The van der Waals surface area contributed by atoms with Crippen LogP contribution in [0, 0.1) is 0 Å². The van der Waals surface area contributed by atoms with Crippen LogP contribution in [0.2, 0.25) is 0 Å². The molecule has 6 heteroatoms. The fraction of sp³-hybridized carbons (Fsp3) is 0.348. The molecule has 6 nitrogen and oxygen atoms in total. The van der Waals surface area contributed by atoms with Crippen LogP contribution in [0.1, 0.15) is 49.3 Å². The lowest BCUT2D eigenvalue weighted by molar-refractivity contribution is -0.134. The van der Waals surface area contributed by atoms with E-state index in [1.165, 1.54) is 0 Å². The first kappa shape index (κ1) is 19.2. The van der Waals surface area contributed by atoms with E-state index in [0.29, 0.717) is 18.0 Å². The van der Waals surface area contributed by atoms with Crippen LogP contribution in [0.3, 0.4) is 0 Å². The summed E-state index contributed by atoms with van der Waals surface area (Å²) in [5, 5.41) is 5.68. The third kappa shape index (κ3) is 3.39. The SMILES string of the molecule is CC(C)c1cccc(NC(=O)CN2C(=O)NC3(CCCc4ccccc43)C2=O)c1. The van der Waals surface area contributed by atoms with Crippen LogP contribution in [-0.4, -0.2) is 29.3 Å². The number of anilines is 1. The van der Waals surface area contributed by atoms with E-state index in [-0.39, 0.29) is 12.5 Å². The number of benzene rings is 2. The van der Waals surface area contributed by atoms with Crippen molar-refractivity contribution in [1.82, 2.24) is 10.2 Å². The van der Waals surface area contributed by atoms with Gasteiger partial charge in [-0.25, -0.2) is 4.79 Å². The Morgan fingerprint density at radius 1 is 1.17 bits per heavy atom. The highest BCUT2D eigenvalue weighted by Crippen LogP contribution is 2.39. The lowest BCUT2D eigenvalue weighted by atomic mass is 9.76. The fourth-order valence-corrected chi connectivity index (χ4v) is 4.27. The van der Waals surface area contributed by atoms with E-state index < -0.39 is 17.5 Å². The van der Waals surface area contributed by atoms with Gasteiger partial charge in [0.2, 0.25) is 5.91 Å². The number of rotatable bonds is 4. The van der Waals surface area contributed by atoms with E-state index in [1.54, 1.807) is 6.07 Å². The maximum atomic E-state index is 13.2. The summed E-state index contributed by atoms with van der Waals surface area (Å²) in [5.41, 5.74) is 2.63. The molecule has 4 amide bonds. The molecule has 1 heterocycles. The van der Waals surface area contributed by atoms with Gasteiger partial charge in [0.15, 0.2) is 0 Å². The fourth-order valence-electron chi connectivity index (χ4n) is 4.27. The molecule has 0 bridgehead atoms. The number of hydrogen-bond donors (Lipinski definition) is 2. The number of amides is 4. The van der Waals surface area contributed by atoms with Gasteiger partial charge in [-0.3, -0.25) is 14.5 Å². The summed E-state index contributed by atoms with van der Waals surface area (Å²) in [6.07, 6.45) is 2.24. The van der Waals surface area contributed by atoms with Crippen LogP contribution in [-0.2, 0) is 21.5 Å². The Morgan fingerprint density at radius 3 is 2.76 bits per heavy atom. The molecule has 0 saturated carbocycles. The van der Waals surface area contributed by atoms with Gasteiger partial charge in [-0.15, -0.1) is 0 Å². The summed E-state index contributed by atoms with van der Waals surface area (Å²) < 4.78 is 0. The summed E-state index contributed by atoms with van der Waals surface area (Å²) in [6, 6.07) is 14.8. The minimum atomic E-state index is -1.05. The third-order valence-corrected chi connectivity index (χ3v) is 5.79. The molecule has 2 N–H and O–H groups in total. The Labute approximate surface area is 170 Å². The topological polar surface area (TPSA) is 78.5 Å². The number of fused-ring (bicyclic) bond motifs is 2. The van der Waals surface area contributed by atoms with E-state index >= 15 is 0 Å². The lowest BCUT2D eigenvalue weighted by Crippen LogP contribution is -2.47. The first-order chi connectivity index (χ1) is 13.9. The second kappa shape index (κ2) is 7.35. The Morgan fingerprint density at radius 2 is 1.97 bits per heavy atom. The second-order valence-electron chi connectivity index (χ2n) is 8.07. The molecule has 1 unspecified atom stereocenters. The minimum absolute atomic E-state index is 0.305. The van der Waals surface area contributed by atoms with Crippen molar-refractivity contribution in [3.63, 3.8) is 0 Å². The number of carbonyl (C=O) groups is 3. The predicted octanol–water partition coefficient (Wildman–Crippen LogP) is 3.53. The molecule has 4 rings (SSSR count). The summed E-state index contributed by atoms with van der Waals surface area (Å²) in [4.78, 5) is 39.5. The Bertz CT molecular complexity index is 985. The summed E-state index contributed by atoms with van der Waals surface area (Å²) >= 11 is 0. The molecular weight excluding hydrogens is 366 g/mol. The Balaban J connectivity index is 1.52. The summed E-state index contributed by atoms with van der Waals surface area (Å²) in [7, 11) is 0. The second-order valence-corrected chi connectivity index (χ2v) is 8.07. The van der Waals surface area contributed by atoms with Crippen molar-refractivity contribution in [2.24, 2.45) is 0 Å². The molecule has 2 aromatic carbocycles. The van der Waals surface area contributed by atoms with Crippen LogP contribution in [0.5, 0.6) is 0 Å². The maximum Gasteiger partial charge on any atom is 0.325 e. The van der Waals surface area contributed by atoms with Gasteiger partial charge < -0.3 is 10.6 Å². The number of nitrogens with zero attached hydrogens (tertiary/aromatic N) is 1. The number of hydrogen-bond acceptors (Lipinski definition) is 3. The average molecular weight is 391 g/mol. The zero-order chi connectivity index (χ0) is 20.6. The number of aryl methyl sites for hydroxylation is 1. The average Bonchev–Trinajstić information content (AvgIpc) is 2.93. The van der Waals surface area contributed by atoms with E-state index in [9.17, 15) is 14.4 Å². The maximum absolute atomic E-state index is 13.2. The van der Waals surface area contributed by atoms with Gasteiger partial charge in [0.25, 0.3) is 5.91 Å². The Kier molecular flexibility index (Phi) is 4.86. The summed E-state index contributed by atoms with van der Waals surface area (Å²) in [5.74, 6) is -0.403. The van der Waals surface area contributed by atoms with E-state index in [4.69, 9.17) is 0 Å². The van der Waals surface area contributed by atoms with Gasteiger partial charge in [-0.1, -0.05) is 50.2 Å². The van der Waals surface area contributed by atoms with Crippen LogP contribution in [0.15, 0.2) is 48.5 Å². The van der Waals surface area contributed by atoms with Crippen molar-refractivity contribution in [2.45, 2.75) is 44.6 Å². The monoisotopic (exact) mass is 391 g/mol. The van der Waals surface area contributed by atoms with Gasteiger partial charge in [-0.05, 0) is 54.0 Å². The molecule has 1 fully saturated rings. The largest absolute Gasteiger partial charge is 0.325 e. The molecule has 1 spiro atoms. The Hall–Kier alpha value is -3.15. The van der Waals surface area contributed by atoms with Crippen molar-refractivity contribution < 1.29 is 14.4 Å². The smallest absolute Gasteiger partial charge is 0.325 e. The number of urea groups is 1. The molecule has 2 aliphatic rings. The van der Waals surface area contributed by atoms with Gasteiger partial charge in [0, 0.05) is 5.69 Å². The molecular formula is C23H25N3O3. The first-order valence-electron chi connectivity index (χ1n) is 10.0. The molecule has 1 aliphatic heterocycles. The quantitative estimate of drug-likeness (QED) is 0.783. The molecule has 1 saturated heterocycles. The predicted molar refractivity (Wildman–Crippen MR) is 110 cm³/mol. The van der Waals surface area contributed by atoms with Gasteiger partial charge >= 0.3 is 6.03 Å². The normalized spacial score (nSPS) is 20.7. The standard InChI is InChI=1S/C23H25N3O3/c1-15(2)17-8-5-10-18(13-17)24-20(27)14-26-21(28)23(25-22(26)29)12-6-9-16-7-3-4-11-19(16)23/h3-5,7-8,10-11,13,15H,6,9,12,14H2,1-2H3,(H,24,27)(H,25,29). The van der Waals surface area contributed by atoms with Gasteiger partial charge in [0.05, 0.1) is 0 Å². The van der Waals surface area contributed by atoms with Crippen LogP contribution < -0.4 is 10.6 Å². The van der Waals surface area contributed by atoms with Crippen LogP contribution in [0.4, 0.5) is 10.5 Å². The number of carbonyl (C=O) groups excluding carboxylic acids is 3. The van der Waals surface area contributed by atoms with Crippen LogP contribution in [0.25, 0.3) is 0 Å². The zero-order valence-electron chi connectivity index (χ0n) is 16.7. The third-order valence-electron chi connectivity index (χ3n) is 5.79. The number of nitrogens with one attached hydrogen (secondary N) is 2. The minimum Gasteiger partial charge on any atom is -0.325 e.